The Morgan fingerprint density at radius 3 is 1.77 bits per heavy atom. The SMILES string of the molecule is CN1CC[N+](N2CCOC(N3CCCCC3)(N3CCCCC3)C2N2CCCC2)CC1. The minimum Gasteiger partial charge on any atom is -0.343 e. The van der Waals surface area contributed by atoms with E-state index in [2.05, 4.69) is 36.7 Å². The van der Waals surface area contributed by atoms with Gasteiger partial charge < -0.3 is 4.74 Å². The van der Waals surface area contributed by atoms with Crippen molar-refractivity contribution < 1.29 is 4.74 Å². The highest BCUT2D eigenvalue weighted by molar-refractivity contribution is 5.00. The number of piperidine rings is 2. The Kier molecular flexibility index (Phi) is 6.96. The molecule has 1 radical (unpaired) electrons. The number of ether oxygens (including phenoxy) is 1. The van der Waals surface area contributed by atoms with Crippen LogP contribution >= 0.6 is 0 Å². The van der Waals surface area contributed by atoms with Crippen LogP contribution in [0.3, 0.4) is 0 Å². The Bertz CT molecular complexity index is 518. The van der Waals surface area contributed by atoms with Crippen LogP contribution in [0.25, 0.3) is 0 Å². The summed E-state index contributed by atoms with van der Waals surface area (Å²) in [5, 5.41) is 5.46. The first-order valence-corrected chi connectivity index (χ1v) is 12.9. The third-order valence-electron chi connectivity index (χ3n) is 8.20. The molecule has 0 aromatic carbocycles. The molecule has 0 spiro atoms. The fraction of sp³-hybridized carbons (Fsp3) is 1.00. The molecule has 0 aromatic heterocycles. The van der Waals surface area contributed by atoms with Gasteiger partial charge in [0.1, 0.15) is 0 Å². The number of likely N-dealkylation sites (N-methyl/N-ethyl adjacent to an activating group) is 1. The average molecular weight is 421 g/mol. The van der Waals surface area contributed by atoms with Crippen LogP contribution in [-0.4, -0.2) is 122 Å². The molecule has 5 saturated heterocycles. The molecule has 5 fully saturated rings. The summed E-state index contributed by atoms with van der Waals surface area (Å²) < 4.78 is 7.04. The van der Waals surface area contributed by atoms with Crippen molar-refractivity contribution in [3.05, 3.63) is 0 Å². The molecule has 0 bridgehead atoms. The normalized spacial score (nSPS) is 34.5. The first kappa shape index (κ1) is 21.6. The van der Waals surface area contributed by atoms with E-state index < -0.39 is 0 Å². The fourth-order valence-corrected chi connectivity index (χ4v) is 6.58. The summed E-state index contributed by atoms with van der Waals surface area (Å²) in [5.41, 5.74) is 0. The van der Waals surface area contributed by atoms with Crippen molar-refractivity contribution in [2.45, 2.75) is 63.4 Å². The number of rotatable bonds is 4. The van der Waals surface area contributed by atoms with Crippen molar-refractivity contribution in [1.82, 2.24) is 29.6 Å². The van der Waals surface area contributed by atoms with Gasteiger partial charge in [-0.1, -0.05) is 22.9 Å². The summed E-state index contributed by atoms with van der Waals surface area (Å²) in [4.78, 5) is 10.8. The van der Waals surface area contributed by atoms with Gasteiger partial charge in [0.15, 0.2) is 19.3 Å². The van der Waals surface area contributed by atoms with Gasteiger partial charge in [0.2, 0.25) is 5.85 Å². The zero-order valence-corrected chi connectivity index (χ0v) is 19.3. The monoisotopic (exact) mass is 420 g/mol. The number of likely N-dealkylation sites (tertiary alicyclic amines) is 3. The van der Waals surface area contributed by atoms with E-state index in [1.807, 2.05) is 0 Å². The number of piperazine rings is 1. The minimum atomic E-state index is -0.271. The Morgan fingerprint density at radius 2 is 1.20 bits per heavy atom. The number of hydrazine groups is 1. The molecule has 0 amide bonds. The Hall–Kier alpha value is -0.280. The minimum absolute atomic E-state index is 0.271. The van der Waals surface area contributed by atoms with Crippen molar-refractivity contribution in [3.8, 4) is 0 Å². The van der Waals surface area contributed by atoms with Crippen molar-refractivity contribution in [3.63, 3.8) is 0 Å². The van der Waals surface area contributed by atoms with E-state index in [0.717, 1.165) is 26.2 Å². The highest BCUT2D eigenvalue weighted by Crippen LogP contribution is 2.39. The van der Waals surface area contributed by atoms with Crippen molar-refractivity contribution in [2.75, 3.05) is 85.6 Å². The second-order valence-corrected chi connectivity index (χ2v) is 10.1. The molecule has 0 saturated carbocycles. The second-order valence-electron chi connectivity index (χ2n) is 10.1. The lowest BCUT2D eigenvalue weighted by Gasteiger charge is -2.60. The number of nitrogens with zero attached hydrogens (tertiary/aromatic N) is 6. The predicted molar refractivity (Wildman–Crippen MR) is 120 cm³/mol. The van der Waals surface area contributed by atoms with Crippen molar-refractivity contribution in [1.29, 1.82) is 0 Å². The van der Waals surface area contributed by atoms with E-state index in [9.17, 15) is 0 Å². The quantitative estimate of drug-likeness (QED) is 0.639. The second kappa shape index (κ2) is 9.69. The maximum Gasteiger partial charge on any atom is 0.215 e. The molecule has 1 unspecified atom stereocenters. The highest BCUT2D eigenvalue weighted by Gasteiger charge is 2.60. The molecule has 171 valence electrons. The van der Waals surface area contributed by atoms with Gasteiger partial charge in [-0.15, -0.1) is 0 Å². The zero-order chi connectivity index (χ0) is 20.4. The number of hydrogen-bond donors (Lipinski definition) is 0. The summed E-state index contributed by atoms with van der Waals surface area (Å²) in [7, 11) is 2.26. The van der Waals surface area contributed by atoms with Crippen LogP contribution in [0.4, 0.5) is 0 Å². The molecule has 7 nitrogen and oxygen atoms in total. The molecule has 7 heteroatoms. The smallest absolute Gasteiger partial charge is 0.215 e. The largest absolute Gasteiger partial charge is 0.343 e. The maximum absolute atomic E-state index is 7.04. The first-order chi connectivity index (χ1) is 14.8. The van der Waals surface area contributed by atoms with Crippen molar-refractivity contribution in [2.24, 2.45) is 0 Å². The van der Waals surface area contributed by atoms with Crippen LogP contribution < -0.4 is 5.01 Å². The van der Waals surface area contributed by atoms with Gasteiger partial charge >= 0.3 is 0 Å². The van der Waals surface area contributed by atoms with Crippen LogP contribution in [0.15, 0.2) is 0 Å². The third kappa shape index (κ3) is 4.07. The lowest BCUT2D eigenvalue weighted by Crippen LogP contribution is -2.82. The van der Waals surface area contributed by atoms with Gasteiger partial charge in [-0.2, -0.15) is 0 Å². The van der Waals surface area contributed by atoms with Gasteiger partial charge in [-0.25, -0.2) is 0 Å². The van der Waals surface area contributed by atoms with Crippen LogP contribution in [0.2, 0.25) is 0 Å². The third-order valence-corrected chi connectivity index (χ3v) is 8.20. The van der Waals surface area contributed by atoms with Crippen LogP contribution in [0.1, 0.15) is 51.4 Å². The predicted octanol–water partition coefficient (Wildman–Crippen LogP) is 1.37. The highest BCUT2D eigenvalue weighted by atomic mass is 16.5. The topological polar surface area (TPSA) is 31.3 Å². The molecule has 0 aromatic rings. The number of morpholine rings is 1. The lowest BCUT2D eigenvalue weighted by atomic mass is 10.0. The molecule has 0 aliphatic carbocycles. The molecule has 1 atom stereocenters. The number of hydrogen-bond acceptors (Lipinski definition) is 7. The average Bonchev–Trinajstić information content (AvgIpc) is 3.35. The molecule has 5 aliphatic heterocycles. The van der Waals surface area contributed by atoms with Gasteiger partial charge in [-0.3, -0.25) is 19.6 Å². The standard InChI is InChI=1S/C23H44N6O/c1-24-16-18-28(19-17-24)29-20-21-30-23(26-12-4-2-5-13-26,27-14-6-3-7-15-27)22(29)25-10-8-9-11-25/h22H,2-21H2,1H3/q+1. The van der Waals surface area contributed by atoms with Gasteiger partial charge in [0.05, 0.1) is 26.2 Å². The van der Waals surface area contributed by atoms with Crippen LogP contribution in [0, 0.1) is 0 Å². The molecular formula is C23H44N6O+. The molecular weight excluding hydrogens is 376 g/mol. The zero-order valence-electron chi connectivity index (χ0n) is 19.3. The molecule has 5 rings (SSSR count). The van der Waals surface area contributed by atoms with Crippen molar-refractivity contribution >= 4 is 0 Å². The van der Waals surface area contributed by atoms with E-state index >= 15 is 0 Å². The Balaban J connectivity index is 1.51. The fourth-order valence-electron chi connectivity index (χ4n) is 6.58. The summed E-state index contributed by atoms with van der Waals surface area (Å²) in [6, 6.07) is 0. The molecule has 5 heterocycles. The van der Waals surface area contributed by atoms with E-state index in [1.54, 1.807) is 0 Å². The maximum atomic E-state index is 7.04. The lowest BCUT2D eigenvalue weighted by molar-refractivity contribution is -0.348. The van der Waals surface area contributed by atoms with E-state index in [-0.39, 0.29) is 5.85 Å². The van der Waals surface area contributed by atoms with Gasteiger partial charge in [-0.05, 0) is 45.6 Å². The summed E-state index contributed by atoms with van der Waals surface area (Å²) in [6.07, 6.45) is 11.0. The van der Waals surface area contributed by atoms with E-state index in [1.165, 1.54) is 104 Å². The van der Waals surface area contributed by atoms with E-state index in [4.69, 9.17) is 4.74 Å². The summed E-state index contributed by atoms with van der Waals surface area (Å²) in [5.74, 6) is -0.271. The van der Waals surface area contributed by atoms with Crippen LogP contribution in [0.5, 0.6) is 0 Å². The Morgan fingerprint density at radius 1 is 0.667 bits per heavy atom. The molecule has 5 aliphatic rings. The molecule has 30 heavy (non-hydrogen) atoms. The Labute approximate surface area is 183 Å². The van der Waals surface area contributed by atoms with Crippen LogP contribution in [-0.2, 0) is 4.74 Å². The summed E-state index contributed by atoms with van der Waals surface area (Å²) in [6.45, 7) is 13.7. The summed E-state index contributed by atoms with van der Waals surface area (Å²) >= 11 is 0. The van der Waals surface area contributed by atoms with Gasteiger partial charge in [0.25, 0.3) is 0 Å². The molecule has 0 N–H and O–H groups in total. The van der Waals surface area contributed by atoms with E-state index in [0.29, 0.717) is 6.17 Å². The first-order valence-electron chi connectivity index (χ1n) is 12.9. The van der Waals surface area contributed by atoms with Gasteiger partial charge in [0, 0.05) is 39.3 Å².